The van der Waals surface area contributed by atoms with E-state index >= 15 is 0 Å². The minimum atomic E-state index is -0.497. The van der Waals surface area contributed by atoms with Crippen LogP contribution in [-0.2, 0) is 16.1 Å². The molecule has 1 saturated heterocycles. The molecular weight excluding hydrogens is 340 g/mol. The number of fused-ring (bicyclic) bond motifs is 1. The average Bonchev–Trinajstić information content (AvgIpc) is 3.10. The Morgan fingerprint density at radius 2 is 2.16 bits per heavy atom. The van der Waals surface area contributed by atoms with Gasteiger partial charge in [-0.1, -0.05) is 13.8 Å². The number of aromatic nitrogens is 2. The molecule has 1 fully saturated rings. The lowest BCUT2D eigenvalue weighted by atomic mass is 10.1. The molecule has 1 aliphatic rings. The quantitative estimate of drug-likeness (QED) is 0.789. The van der Waals surface area contributed by atoms with Crippen LogP contribution in [0.15, 0.2) is 16.2 Å². The van der Waals surface area contributed by atoms with Gasteiger partial charge in [0.25, 0.3) is 5.56 Å². The number of carbonyl (C=O) groups excluding carboxylic acids is 2. The third-order valence-corrected chi connectivity index (χ3v) is 5.35. The topological polar surface area (TPSA) is 86.4 Å². The van der Waals surface area contributed by atoms with Crippen LogP contribution in [0.25, 0.3) is 10.2 Å². The lowest BCUT2D eigenvalue weighted by molar-refractivity contribution is -0.139. The molecule has 0 saturated carbocycles. The van der Waals surface area contributed by atoms with Gasteiger partial charge in [-0.2, -0.15) is 0 Å². The number of amides is 2. The number of nitrogens with one attached hydrogen (secondary N) is 1. The Morgan fingerprint density at radius 3 is 2.88 bits per heavy atom. The van der Waals surface area contributed by atoms with E-state index in [-0.39, 0.29) is 23.8 Å². The van der Waals surface area contributed by atoms with E-state index in [1.165, 1.54) is 16.2 Å². The molecule has 0 aliphatic carbocycles. The molecule has 1 N–H and O–H groups in total. The maximum atomic E-state index is 12.6. The highest BCUT2D eigenvalue weighted by Crippen LogP contribution is 2.20. The molecule has 134 valence electrons. The van der Waals surface area contributed by atoms with Crippen molar-refractivity contribution >= 4 is 33.4 Å². The van der Waals surface area contributed by atoms with E-state index in [9.17, 15) is 14.4 Å². The summed E-state index contributed by atoms with van der Waals surface area (Å²) >= 11 is 1.35. The fraction of sp³-hybridized carbons (Fsp3) is 0.529. The summed E-state index contributed by atoms with van der Waals surface area (Å²) in [7, 11) is 1.78. The number of H-pyrrole nitrogens is 1. The van der Waals surface area contributed by atoms with Gasteiger partial charge in [0.15, 0.2) is 0 Å². The predicted molar refractivity (Wildman–Crippen MR) is 96.3 cm³/mol. The zero-order valence-corrected chi connectivity index (χ0v) is 15.4. The van der Waals surface area contributed by atoms with Gasteiger partial charge in [-0.05, 0) is 30.8 Å². The molecule has 1 atom stereocenters. The van der Waals surface area contributed by atoms with Gasteiger partial charge in [0.1, 0.15) is 10.5 Å². The van der Waals surface area contributed by atoms with Crippen molar-refractivity contribution in [2.75, 3.05) is 13.6 Å². The smallest absolute Gasteiger partial charge is 0.268 e. The van der Waals surface area contributed by atoms with E-state index in [4.69, 9.17) is 0 Å². The molecular formula is C17H22N4O3S. The first-order valence-electron chi connectivity index (χ1n) is 8.37. The van der Waals surface area contributed by atoms with Crippen LogP contribution >= 0.6 is 11.3 Å². The van der Waals surface area contributed by atoms with Gasteiger partial charge in [-0.3, -0.25) is 24.2 Å². The first kappa shape index (κ1) is 17.8. The van der Waals surface area contributed by atoms with E-state index in [0.29, 0.717) is 35.0 Å². The number of aromatic amines is 1. The third kappa shape index (κ3) is 3.64. The van der Waals surface area contributed by atoms with E-state index in [1.54, 1.807) is 18.0 Å². The van der Waals surface area contributed by atoms with Crippen molar-refractivity contribution in [2.45, 2.75) is 39.3 Å². The molecule has 2 amide bonds. The highest BCUT2D eigenvalue weighted by Gasteiger charge is 2.40. The van der Waals surface area contributed by atoms with Crippen LogP contribution in [0.4, 0.5) is 0 Å². The number of thiophene rings is 1. The summed E-state index contributed by atoms with van der Waals surface area (Å²) in [4.78, 5) is 47.1. The number of carbonyl (C=O) groups is 2. The maximum Gasteiger partial charge on any atom is 0.268 e. The summed E-state index contributed by atoms with van der Waals surface area (Å²) in [6.45, 7) is 4.91. The first-order valence-corrected chi connectivity index (χ1v) is 9.25. The number of rotatable bonds is 6. The zero-order valence-electron chi connectivity index (χ0n) is 14.6. The number of imide groups is 1. The van der Waals surface area contributed by atoms with Gasteiger partial charge in [0.05, 0.1) is 24.5 Å². The highest BCUT2D eigenvalue weighted by atomic mass is 32.1. The SMILES string of the molecule is CC(C)CCN1C(=O)C[C@H](N(C)Cc2nc3ccsc3c(=O)[nH]2)C1=O. The van der Waals surface area contributed by atoms with Gasteiger partial charge >= 0.3 is 0 Å². The van der Waals surface area contributed by atoms with Crippen LogP contribution in [0, 0.1) is 5.92 Å². The highest BCUT2D eigenvalue weighted by molar-refractivity contribution is 7.17. The number of hydrogen-bond donors (Lipinski definition) is 1. The number of likely N-dealkylation sites (N-methyl/N-ethyl adjacent to an activating group) is 1. The molecule has 8 heteroatoms. The van der Waals surface area contributed by atoms with Crippen molar-refractivity contribution in [3.63, 3.8) is 0 Å². The second-order valence-electron chi connectivity index (χ2n) is 6.85. The van der Waals surface area contributed by atoms with Crippen molar-refractivity contribution in [3.05, 3.63) is 27.6 Å². The molecule has 0 bridgehead atoms. The molecule has 25 heavy (non-hydrogen) atoms. The average molecular weight is 362 g/mol. The Kier molecular flexibility index (Phi) is 5.01. The van der Waals surface area contributed by atoms with Gasteiger partial charge in [0, 0.05) is 6.54 Å². The zero-order chi connectivity index (χ0) is 18.1. The summed E-state index contributed by atoms with van der Waals surface area (Å²) < 4.78 is 0.596. The molecule has 3 heterocycles. The van der Waals surface area contributed by atoms with Gasteiger partial charge < -0.3 is 4.98 Å². The summed E-state index contributed by atoms with van der Waals surface area (Å²) in [5.74, 6) is 0.646. The standard InChI is InChI=1S/C17H22N4O3S/c1-10(2)4-6-21-14(22)8-12(17(21)24)20(3)9-13-18-11-5-7-25-15(11)16(23)19-13/h5,7,10,12H,4,6,8-9H2,1-3H3,(H,18,19,23)/t12-/m0/s1. The fourth-order valence-electron chi connectivity index (χ4n) is 2.98. The predicted octanol–water partition coefficient (Wildman–Crippen LogP) is 1.59. The molecule has 0 unspecified atom stereocenters. The van der Waals surface area contributed by atoms with Crippen LogP contribution in [0.3, 0.4) is 0 Å². The van der Waals surface area contributed by atoms with E-state index in [0.717, 1.165) is 6.42 Å². The molecule has 2 aromatic heterocycles. The van der Waals surface area contributed by atoms with Gasteiger partial charge in [-0.25, -0.2) is 4.98 Å². The molecule has 7 nitrogen and oxygen atoms in total. The molecule has 3 rings (SSSR count). The van der Waals surface area contributed by atoms with Crippen molar-refractivity contribution in [2.24, 2.45) is 5.92 Å². The minimum absolute atomic E-state index is 0.128. The van der Waals surface area contributed by atoms with Crippen LogP contribution < -0.4 is 5.56 Å². The largest absolute Gasteiger partial charge is 0.308 e. The second-order valence-corrected chi connectivity index (χ2v) is 7.76. The number of hydrogen-bond acceptors (Lipinski definition) is 6. The molecule has 1 aliphatic heterocycles. The normalized spacial score (nSPS) is 18.3. The van der Waals surface area contributed by atoms with Crippen LogP contribution in [0.2, 0.25) is 0 Å². The Morgan fingerprint density at radius 1 is 1.40 bits per heavy atom. The summed E-state index contributed by atoms with van der Waals surface area (Å²) in [6, 6.07) is 1.31. The summed E-state index contributed by atoms with van der Waals surface area (Å²) in [5, 5.41) is 1.83. The fourth-order valence-corrected chi connectivity index (χ4v) is 3.70. The number of nitrogens with zero attached hydrogens (tertiary/aromatic N) is 3. The first-order chi connectivity index (χ1) is 11.9. The lowest BCUT2D eigenvalue weighted by Crippen LogP contribution is -2.40. The van der Waals surface area contributed by atoms with Crippen molar-refractivity contribution in [1.82, 2.24) is 19.8 Å². The second kappa shape index (κ2) is 7.05. The van der Waals surface area contributed by atoms with E-state index < -0.39 is 6.04 Å². The Bertz CT molecular complexity index is 857. The van der Waals surface area contributed by atoms with Crippen molar-refractivity contribution < 1.29 is 9.59 Å². The summed E-state index contributed by atoms with van der Waals surface area (Å²) in [5.41, 5.74) is 0.486. The van der Waals surface area contributed by atoms with Crippen molar-refractivity contribution in [3.8, 4) is 0 Å². The Balaban J connectivity index is 1.72. The molecule has 0 spiro atoms. The number of likely N-dealkylation sites (tertiary alicyclic amines) is 1. The van der Waals surface area contributed by atoms with E-state index in [1.807, 2.05) is 5.38 Å². The molecule has 0 aromatic carbocycles. The Hall–Kier alpha value is -2.06. The molecule has 2 aromatic rings. The maximum absolute atomic E-state index is 12.6. The Labute approximate surface area is 149 Å². The van der Waals surface area contributed by atoms with Crippen molar-refractivity contribution in [1.29, 1.82) is 0 Å². The third-order valence-electron chi connectivity index (χ3n) is 4.45. The monoisotopic (exact) mass is 362 g/mol. The summed E-state index contributed by atoms with van der Waals surface area (Å²) in [6.07, 6.45) is 0.982. The van der Waals surface area contributed by atoms with E-state index in [2.05, 4.69) is 23.8 Å². The van der Waals surface area contributed by atoms with Gasteiger partial charge in [-0.15, -0.1) is 11.3 Å². The van der Waals surface area contributed by atoms with Crippen LogP contribution in [0.1, 0.15) is 32.5 Å². The van der Waals surface area contributed by atoms with Crippen LogP contribution in [0.5, 0.6) is 0 Å². The minimum Gasteiger partial charge on any atom is -0.308 e. The molecule has 0 radical (unpaired) electrons. The van der Waals surface area contributed by atoms with Gasteiger partial charge in [0.2, 0.25) is 11.8 Å². The lowest BCUT2D eigenvalue weighted by Gasteiger charge is -2.22. The van der Waals surface area contributed by atoms with Crippen LogP contribution in [-0.4, -0.2) is 51.2 Å².